The average Bonchev–Trinajstić information content (AvgIpc) is 2.87. The predicted molar refractivity (Wildman–Crippen MR) is 47.6 cm³/mol. The molecule has 2 aromatic rings. The molecule has 1 saturated carbocycles. The lowest BCUT2D eigenvalue weighted by Gasteiger charge is -1.91. The van der Waals surface area contributed by atoms with Crippen molar-refractivity contribution in [1.29, 1.82) is 0 Å². The standard InChI is InChI=1S/C10H9NO2/c12-7-3-4-9-8(5-7)10(11-13-9)6-1-2-6/h3-6,12H,1-2H2. The first-order valence-corrected chi connectivity index (χ1v) is 4.43. The van der Waals surface area contributed by atoms with Gasteiger partial charge in [-0.05, 0) is 31.0 Å². The molecule has 1 aliphatic rings. The fraction of sp³-hybridized carbons (Fsp3) is 0.300. The molecule has 1 aliphatic carbocycles. The molecule has 0 amide bonds. The van der Waals surface area contributed by atoms with E-state index in [4.69, 9.17) is 4.52 Å². The monoisotopic (exact) mass is 175 g/mol. The quantitative estimate of drug-likeness (QED) is 0.723. The summed E-state index contributed by atoms with van der Waals surface area (Å²) < 4.78 is 5.14. The molecule has 1 N–H and O–H groups in total. The number of benzene rings is 1. The Morgan fingerprint density at radius 3 is 3.00 bits per heavy atom. The number of hydrogen-bond acceptors (Lipinski definition) is 3. The maximum absolute atomic E-state index is 9.31. The van der Waals surface area contributed by atoms with Crippen LogP contribution in [0.5, 0.6) is 5.75 Å². The first-order valence-electron chi connectivity index (χ1n) is 4.43. The van der Waals surface area contributed by atoms with Crippen LogP contribution >= 0.6 is 0 Å². The zero-order valence-electron chi connectivity index (χ0n) is 7.03. The highest BCUT2D eigenvalue weighted by Crippen LogP contribution is 2.42. The van der Waals surface area contributed by atoms with Gasteiger partial charge in [-0.2, -0.15) is 0 Å². The van der Waals surface area contributed by atoms with Crippen molar-refractivity contribution >= 4 is 11.0 Å². The Kier molecular flexibility index (Phi) is 1.20. The molecule has 0 aliphatic heterocycles. The second-order valence-corrected chi connectivity index (χ2v) is 3.52. The van der Waals surface area contributed by atoms with Gasteiger partial charge < -0.3 is 9.63 Å². The van der Waals surface area contributed by atoms with Gasteiger partial charge in [0.25, 0.3) is 0 Å². The lowest BCUT2D eigenvalue weighted by atomic mass is 10.1. The first-order chi connectivity index (χ1) is 6.34. The van der Waals surface area contributed by atoms with Crippen LogP contribution in [0.25, 0.3) is 11.0 Å². The highest BCUT2D eigenvalue weighted by molar-refractivity contribution is 5.81. The number of phenols is 1. The molecule has 1 aromatic heterocycles. The Hall–Kier alpha value is -1.51. The molecule has 0 radical (unpaired) electrons. The van der Waals surface area contributed by atoms with Gasteiger partial charge in [0.05, 0.1) is 5.69 Å². The summed E-state index contributed by atoms with van der Waals surface area (Å²) in [7, 11) is 0. The van der Waals surface area contributed by atoms with Crippen molar-refractivity contribution in [3.8, 4) is 5.75 Å². The molecule has 0 unspecified atom stereocenters. The van der Waals surface area contributed by atoms with Gasteiger partial charge in [-0.1, -0.05) is 5.16 Å². The van der Waals surface area contributed by atoms with Gasteiger partial charge in [0.2, 0.25) is 0 Å². The number of fused-ring (bicyclic) bond motifs is 1. The van der Waals surface area contributed by atoms with E-state index >= 15 is 0 Å². The number of rotatable bonds is 1. The molecule has 3 heteroatoms. The molecule has 1 aromatic carbocycles. The van der Waals surface area contributed by atoms with E-state index in [0.29, 0.717) is 5.92 Å². The summed E-state index contributed by atoms with van der Waals surface area (Å²) in [5.74, 6) is 0.834. The van der Waals surface area contributed by atoms with Gasteiger partial charge in [0.1, 0.15) is 5.75 Å². The molecule has 0 bridgehead atoms. The van der Waals surface area contributed by atoms with Crippen LogP contribution in [0.15, 0.2) is 22.7 Å². The average molecular weight is 175 g/mol. The molecule has 0 saturated heterocycles. The van der Waals surface area contributed by atoms with Crippen LogP contribution in [-0.2, 0) is 0 Å². The van der Waals surface area contributed by atoms with Crippen LogP contribution in [0.2, 0.25) is 0 Å². The molecule has 3 rings (SSSR count). The second-order valence-electron chi connectivity index (χ2n) is 3.52. The van der Waals surface area contributed by atoms with E-state index in [1.54, 1.807) is 18.2 Å². The molecule has 3 nitrogen and oxygen atoms in total. The number of phenolic OH excluding ortho intramolecular Hbond substituents is 1. The minimum absolute atomic E-state index is 0.276. The van der Waals surface area contributed by atoms with Crippen molar-refractivity contribution in [1.82, 2.24) is 5.16 Å². The third-order valence-electron chi connectivity index (χ3n) is 2.45. The van der Waals surface area contributed by atoms with Gasteiger partial charge in [0.15, 0.2) is 5.58 Å². The summed E-state index contributed by atoms with van der Waals surface area (Å²) in [5, 5.41) is 14.3. The molecule has 0 spiro atoms. The Balaban J connectivity index is 2.29. The second kappa shape index (κ2) is 2.25. The van der Waals surface area contributed by atoms with Crippen molar-refractivity contribution in [3.63, 3.8) is 0 Å². The van der Waals surface area contributed by atoms with Crippen LogP contribution in [0.3, 0.4) is 0 Å². The number of aromatic nitrogens is 1. The lowest BCUT2D eigenvalue weighted by molar-refractivity contribution is 0.445. The van der Waals surface area contributed by atoms with Crippen molar-refractivity contribution in [2.75, 3.05) is 0 Å². The van der Waals surface area contributed by atoms with Crippen LogP contribution in [0, 0.1) is 0 Å². The Morgan fingerprint density at radius 2 is 2.23 bits per heavy atom. The topological polar surface area (TPSA) is 46.3 Å². The number of aromatic hydroxyl groups is 1. The van der Waals surface area contributed by atoms with Crippen molar-refractivity contribution in [2.45, 2.75) is 18.8 Å². The van der Waals surface area contributed by atoms with Gasteiger partial charge in [0, 0.05) is 11.3 Å². The van der Waals surface area contributed by atoms with Crippen LogP contribution < -0.4 is 0 Å². The van der Waals surface area contributed by atoms with Crippen LogP contribution in [-0.4, -0.2) is 10.3 Å². The summed E-state index contributed by atoms with van der Waals surface area (Å²) >= 11 is 0. The van der Waals surface area contributed by atoms with E-state index in [1.165, 1.54) is 12.8 Å². The highest BCUT2D eigenvalue weighted by atomic mass is 16.5. The van der Waals surface area contributed by atoms with E-state index in [2.05, 4.69) is 5.16 Å². The van der Waals surface area contributed by atoms with Gasteiger partial charge >= 0.3 is 0 Å². The van der Waals surface area contributed by atoms with Crippen molar-refractivity contribution in [3.05, 3.63) is 23.9 Å². The van der Waals surface area contributed by atoms with Crippen molar-refractivity contribution in [2.24, 2.45) is 0 Å². The van der Waals surface area contributed by atoms with E-state index in [1.807, 2.05) is 0 Å². The largest absolute Gasteiger partial charge is 0.508 e. The Bertz CT molecular complexity index is 457. The summed E-state index contributed by atoms with van der Waals surface area (Å²) in [5.41, 5.74) is 1.77. The van der Waals surface area contributed by atoms with Gasteiger partial charge in [-0.15, -0.1) is 0 Å². The first kappa shape index (κ1) is 6.95. The molecule has 66 valence electrons. The van der Waals surface area contributed by atoms with E-state index < -0.39 is 0 Å². The Morgan fingerprint density at radius 1 is 1.38 bits per heavy atom. The maximum Gasteiger partial charge on any atom is 0.167 e. The maximum atomic E-state index is 9.31. The zero-order chi connectivity index (χ0) is 8.84. The van der Waals surface area contributed by atoms with E-state index in [-0.39, 0.29) is 5.75 Å². The smallest absolute Gasteiger partial charge is 0.167 e. The predicted octanol–water partition coefficient (Wildman–Crippen LogP) is 2.41. The van der Waals surface area contributed by atoms with E-state index in [0.717, 1.165) is 16.7 Å². The third kappa shape index (κ3) is 1.00. The van der Waals surface area contributed by atoms with E-state index in [9.17, 15) is 5.11 Å². The molecular weight excluding hydrogens is 166 g/mol. The molecule has 1 fully saturated rings. The minimum Gasteiger partial charge on any atom is -0.508 e. The fourth-order valence-corrected chi connectivity index (χ4v) is 1.60. The SMILES string of the molecule is Oc1ccc2onc(C3CC3)c2c1. The van der Waals surface area contributed by atoms with Crippen LogP contribution in [0.4, 0.5) is 0 Å². The summed E-state index contributed by atoms with van der Waals surface area (Å²) in [6, 6.07) is 5.09. The molecule has 0 atom stereocenters. The fourth-order valence-electron chi connectivity index (χ4n) is 1.60. The van der Waals surface area contributed by atoms with Crippen molar-refractivity contribution < 1.29 is 9.63 Å². The number of nitrogens with zero attached hydrogens (tertiary/aromatic N) is 1. The highest BCUT2D eigenvalue weighted by Gasteiger charge is 2.28. The minimum atomic E-state index is 0.276. The van der Waals surface area contributed by atoms with Crippen LogP contribution in [0.1, 0.15) is 24.5 Å². The third-order valence-corrected chi connectivity index (χ3v) is 2.45. The Labute approximate surface area is 75.0 Å². The molecule has 13 heavy (non-hydrogen) atoms. The zero-order valence-corrected chi connectivity index (χ0v) is 7.03. The molecule has 1 heterocycles. The normalized spacial score (nSPS) is 16.6. The summed E-state index contributed by atoms with van der Waals surface area (Å²) in [4.78, 5) is 0. The lowest BCUT2D eigenvalue weighted by Crippen LogP contribution is -1.77. The van der Waals surface area contributed by atoms with Gasteiger partial charge in [-0.25, -0.2) is 0 Å². The summed E-state index contributed by atoms with van der Waals surface area (Å²) in [6.07, 6.45) is 2.38. The molecular formula is C10H9NO2. The van der Waals surface area contributed by atoms with Gasteiger partial charge in [-0.3, -0.25) is 0 Å². The number of hydrogen-bond donors (Lipinski definition) is 1. The summed E-state index contributed by atoms with van der Waals surface area (Å²) in [6.45, 7) is 0.